The minimum Gasteiger partial charge on any atom is -0.314 e. The van der Waals surface area contributed by atoms with Crippen molar-refractivity contribution < 1.29 is 0 Å². The maximum Gasteiger partial charge on any atom is 0.348 e. The number of benzene rings is 2. The molecule has 1 aliphatic rings. The van der Waals surface area contributed by atoms with E-state index in [1.807, 2.05) is 13.0 Å². The zero-order chi connectivity index (χ0) is 19.1. The number of aromatic amines is 1. The second kappa shape index (κ2) is 6.89. The fourth-order valence-electron chi connectivity index (χ4n) is 4.07. The summed E-state index contributed by atoms with van der Waals surface area (Å²) in [5.74, 6) is 0. The lowest BCUT2D eigenvalue weighted by Gasteiger charge is -2.27. The Bertz CT molecular complexity index is 1200. The van der Waals surface area contributed by atoms with Crippen LogP contribution in [0.5, 0.6) is 0 Å². The van der Waals surface area contributed by atoms with Crippen LogP contribution in [0.3, 0.4) is 0 Å². The van der Waals surface area contributed by atoms with Crippen LogP contribution in [0.2, 0.25) is 0 Å². The number of fused-ring (bicyclic) bond motifs is 3. The molecular formula is C22H23N5O. The highest BCUT2D eigenvalue weighted by molar-refractivity contribution is 5.89. The van der Waals surface area contributed by atoms with Gasteiger partial charge in [-0.1, -0.05) is 36.4 Å². The molecular weight excluding hydrogens is 350 g/mol. The van der Waals surface area contributed by atoms with E-state index in [1.54, 1.807) is 4.40 Å². The number of nitrogens with zero attached hydrogens (tertiary/aromatic N) is 3. The van der Waals surface area contributed by atoms with Gasteiger partial charge in [0, 0.05) is 38.1 Å². The van der Waals surface area contributed by atoms with Gasteiger partial charge >= 0.3 is 5.69 Å². The molecule has 0 saturated carbocycles. The Morgan fingerprint density at radius 3 is 2.54 bits per heavy atom. The largest absolute Gasteiger partial charge is 0.348 e. The standard InChI is InChI=1S/C22H23N5O/c1-15-12-21-24-25-22(28)27(21)20-13-18(6-7-19(15)20)17-4-2-16(3-5-17)14-26-10-8-23-9-11-26/h2-7,12-13,23H,8-11,14H2,1H3,(H,25,28). The zero-order valence-corrected chi connectivity index (χ0v) is 15.9. The number of hydrogen-bond donors (Lipinski definition) is 2. The maximum absolute atomic E-state index is 12.2. The number of aryl methyl sites for hydroxylation is 1. The van der Waals surface area contributed by atoms with Crippen molar-refractivity contribution >= 4 is 16.6 Å². The van der Waals surface area contributed by atoms with Gasteiger partial charge in [-0.05, 0) is 41.3 Å². The number of pyridine rings is 1. The van der Waals surface area contributed by atoms with Gasteiger partial charge in [0.15, 0.2) is 5.65 Å². The van der Waals surface area contributed by atoms with Gasteiger partial charge in [0.1, 0.15) is 0 Å². The second-order valence-electron chi connectivity index (χ2n) is 7.50. The third-order valence-electron chi connectivity index (χ3n) is 5.61. The Morgan fingerprint density at radius 2 is 1.75 bits per heavy atom. The van der Waals surface area contributed by atoms with Gasteiger partial charge in [0.25, 0.3) is 0 Å². The number of aromatic nitrogens is 3. The number of H-pyrrole nitrogens is 1. The van der Waals surface area contributed by atoms with Crippen molar-refractivity contribution in [3.63, 3.8) is 0 Å². The van der Waals surface area contributed by atoms with Crippen molar-refractivity contribution in [1.82, 2.24) is 24.8 Å². The van der Waals surface area contributed by atoms with Crippen molar-refractivity contribution in [3.05, 3.63) is 70.1 Å². The minimum absolute atomic E-state index is 0.205. The van der Waals surface area contributed by atoms with Crippen molar-refractivity contribution in [1.29, 1.82) is 0 Å². The molecule has 4 aromatic rings. The molecule has 142 valence electrons. The average Bonchev–Trinajstić information content (AvgIpc) is 3.10. The molecule has 0 atom stereocenters. The van der Waals surface area contributed by atoms with Crippen LogP contribution in [-0.4, -0.2) is 45.7 Å². The average molecular weight is 373 g/mol. The van der Waals surface area contributed by atoms with Crippen LogP contribution in [0.1, 0.15) is 11.1 Å². The number of piperazine rings is 1. The summed E-state index contributed by atoms with van der Waals surface area (Å²) in [6.45, 7) is 7.37. The lowest BCUT2D eigenvalue weighted by molar-refractivity contribution is 0.233. The van der Waals surface area contributed by atoms with Crippen LogP contribution in [0.25, 0.3) is 27.7 Å². The van der Waals surface area contributed by atoms with E-state index < -0.39 is 0 Å². The Kier molecular flexibility index (Phi) is 4.22. The van der Waals surface area contributed by atoms with E-state index >= 15 is 0 Å². The lowest BCUT2D eigenvalue weighted by Crippen LogP contribution is -2.42. The van der Waals surface area contributed by atoms with E-state index in [0.29, 0.717) is 5.65 Å². The first-order valence-electron chi connectivity index (χ1n) is 9.72. The van der Waals surface area contributed by atoms with Crippen molar-refractivity contribution in [2.75, 3.05) is 26.2 Å². The molecule has 1 aliphatic heterocycles. The molecule has 6 heteroatoms. The molecule has 0 unspecified atom stereocenters. The zero-order valence-electron chi connectivity index (χ0n) is 15.9. The molecule has 0 spiro atoms. The fraction of sp³-hybridized carbons (Fsp3) is 0.273. The summed E-state index contributed by atoms with van der Waals surface area (Å²) in [6, 6.07) is 17.0. The highest BCUT2D eigenvalue weighted by Crippen LogP contribution is 2.27. The van der Waals surface area contributed by atoms with Crippen LogP contribution in [-0.2, 0) is 6.54 Å². The van der Waals surface area contributed by atoms with Crippen LogP contribution in [0, 0.1) is 6.92 Å². The van der Waals surface area contributed by atoms with Crippen molar-refractivity contribution in [2.24, 2.45) is 0 Å². The summed E-state index contributed by atoms with van der Waals surface area (Å²) in [4.78, 5) is 14.7. The topological polar surface area (TPSA) is 65.4 Å². The van der Waals surface area contributed by atoms with E-state index in [2.05, 4.69) is 62.9 Å². The predicted octanol–water partition coefficient (Wildman–Crippen LogP) is 2.56. The fourth-order valence-corrected chi connectivity index (χ4v) is 4.07. The summed E-state index contributed by atoms with van der Waals surface area (Å²) >= 11 is 0. The Hall–Kier alpha value is -2.96. The molecule has 28 heavy (non-hydrogen) atoms. The van der Waals surface area contributed by atoms with E-state index in [4.69, 9.17) is 0 Å². The lowest BCUT2D eigenvalue weighted by atomic mass is 10.0. The van der Waals surface area contributed by atoms with Crippen LogP contribution >= 0.6 is 0 Å². The molecule has 2 aromatic heterocycles. The molecule has 2 aromatic carbocycles. The van der Waals surface area contributed by atoms with Gasteiger partial charge in [0.05, 0.1) is 5.52 Å². The summed E-state index contributed by atoms with van der Waals surface area (Å²) < 4.78 is 1.64. The van der Waals surface area contributed by atoms with E-state index in [-0.39, 0.29) is 5.69 Å². The van der Waals surface area contributed by atoms with E-state index in [9.17, 15) is 4.79 Å². The molecule has 1 saturated heterocycles. The highest BCUT2D eigenvalue weighted by Gasteiger charge is 2.11. The number of rotatable bonds is 3. The molecule has 0 amide bonds. The summed E-state index contributed by atoms with van der Waals surface area (Å²) in [6.07, 6.45) is 0. The summed E-state index contributed by atoms with van der Waals surface area (Å²) in [5, 5.41) is 11.1. The smallest absolute Gasteiger partial charge is 0.314 e. The quantitative estimate of drug-likeness (QED) is 0.579. The SMILES string of the molecule is Cc1cc2n[nH]c(=O)n2c2cc(-c3ccc(CN4CCNCC4)cc3)ccc12. The molecule has 5 rings (SSSR count). The first kappa shape index (κ1) is 17.2. The third-order valence-corrected chi connectivity index (χ3v) is 5.61. The summed E-state index contributed by atoms with van der Waals surface area (Å²) in [7, 11) is 0. The van der Waals surface area contributed by atoms with Crippen molar-refractivity contribution in [3.8, 4) is 11.1 Å². The van der Waals surface area contributed by atoms with Crippen LogP contribution in [0.15, 0.2) is 53.3 Å². The predicted molar refractivity (Wildman–Crippen MR) is 112 cm³/mol. The molecule has 0 bridgehead atoms. The van der Waals surface area contributed by atoms with Gasteiger partial charge in [-0.3, -0.25) is 4.90 Å². The van der Waals surface area contributed by atoms with E-state index in [0.717, 1.165) is 60.3 Å². The Morgan fingerprint density at radius 1 is 1.00 bits per heavy atom. The molecule has 1 fully saturated rings. The van der Waals surface area contributed by atoms with Gasteiger partial charge in [-0.2, -0.15) is 5.10 Å². The van der Waals surface area contributed by atoms with Crippen LogP contribution < -0.4 is 11.0 Å². The van der Waals surface area contributed by atoms with Gasteiger partial charge in [-0.25, -0.2) is 14.3 Å². The molecule has 0 radical (unpaired) electrons. The summed E-state index contributed by atoms with van der Waals surface area (Å²) in [5.41, 5.74) is 6.02. The van der Waals surface area contributed by atoms with Gasteiger partial charge in [-0.15, -0.1) is 0 Å². The normalized spacial score (nSPS) is 15.5. The second-order valence-corrected chi connectivity index (χ2v) is 7.50. The monoisotopic (exact) mass is 373 g/mol. The Balaban J connectivity index is 1.51. The van der Waals surface area contributed by atoms with Crippen molar-refractivity contribution in [2.45, 2.75) is 13.5 Å². The molecule has 3 heterocycles. The molecule has 6 nitrogen and oxygen atoms in total. The molecule has 0 aliphatic carbocycles. The van der Waals surface area contributed by atoms with Gasteiger partial charge in [0.2, 0.25) is 0 Å². The third kappa shape index (κ3) is 3.00. The number of nitrogens with one attached hydrogen (secondary N) is 2. The maximum atomic E-state index is 12.2. The Labute approximate surface area is 162 Å². The highest BCUT2D eigenvalue weighted by atomic mass is 16.1. The van der Waals surface area contributed by atoms with E-state index in [1.165, 1.54) is 5.56 Å². The van der Waals surface area contributed by atoms with Gasteiger partial charge < -0.3 is 5.32 Å². The van der Waals surface area contributed by atoms with Crippen LogP contribution in [0.4, 0.5) is 0 Å². The number of hydrogen-bond acceptors (Lipinski definition) is 4. The minimum atomic E-state index is -0.205. The first-order chi connectivity index (χ1) is 13.7. The molecule has 2 N–H and O–H groups in total. The first-order valence-corrected chi connectivity index (χ1v) is 9.72.